The Balaban J connectivity index is 0.969. The first kappa shape index (κ1) is 40.1. The number of rotatable bonds is 9. The minimum absolute atomic E-state index is 0.881. The molecule has 0 N–H and O–H groups in total. The molecule has 13 aromatic rings. The Bertz CT molecular complexity index is 3940. The van der Waals surface area contributed by atoms with Gasteiger partial charge in [-0.25, -0.2) is 0 Å². The number of hydrogen-bond acceptors (Lipinski definition) is 2. The molecule has 0 spiro atoms. The second-order valence-corrected chi connectivity index (χ2v) is 17.6. The summed E-state index contributed by atoms with van der Waals surface area (Å²) >= 11 is 0. The smallest absolute Gasteiger partial charge is 0.143 e. The fourth-order valence-corrected chi connectivity index (χ4v) is 10.3. The maximum absolute atomic E-state index is 6.67. The molecule has 2 aromatic heterocycles. The van der Waals surface area contributed by atoms with Gasteiger partial charge in [0.25, 0.3) is 0 Å². The standard InChI is InChI=1S/C66H44N2O/c1-3-17-45(18-4-1)49-21-15-22-50(43-49)47-33-38-52(39-34-47)67(61-29-11-9-25-57(61)59-27-16-28-60-58-26-10-14-32-65(58)69-66(59)60)53-40-35-48(36-41-53)54-42-37-51(46-19-5-2-6-20-46)44-64(54)68-62-30-12-7-23-55(62)56-24-8-13-31-63(56)68/h1-44H. The number of furan rings is 1. The first-order chi connectivity index (χ1) is 34.2. The SMILES string of the molecule is c1ccc(-c2cccc(-c3ccc(N(c4ccc(-c5ccc(-c6ccccc6)cc5-n5c6ccccc6c6ccccc65)cc4)c4ccccc4-c4cccc5c4oc4ccccc45)cc3)c2)cc1. The van der Waals surface area contributed by atoms with Crippen LogP contribution in [0.25, 0.3) is 105 Å². The lowest BCUT2D eigenvalue weighted by atomic mass is 9.96. The second-order valence-electron chi connectivity index (χ2n) is 17.6. The van der Waals surface area contributed by atoms with Crippen LogP contribution in [0.3, 0.4) is 0 Å². The van der Waals surface area contributed by atoms with Crippen molar-refractivity contribution in [2.45, 2.75) is 0 Å². The van der Waals surface area contributed by atoms with E-state index >= 15 is 0 Å². The van der Waals surface area contributed by atoms with Gasteiger partial charge in [-0.05, 0) is 99.6 Å². The van der Waals surface area contributed by atoms with Crippen LogP contribution in [0.2, 0.25) is 0 Å². The zero-order chi connectivity index (χ0) is 45.7. The molecule has 0 atom stereocenters. The number of anilines is 3. The van der Waals surface area contributed by atoms with Crippen molar-refractivity contribution in [3.05, 3.63) is 267 Å². The normalized spacial score (nSPS) is 11.5. The van der Waals surface area contributed by atoms with Crippen molar-refractivity contribution in [3.63, 3.8) is 0 Å². The van der Waals surface area contributed by atoms with Gasteiger partial charge in [-0.15, -0.1) is 0 Å². The van der Waals surface area contributed by atoms with Crippen molar-refractivity contribution in [1.82, 2.24) is 4.57 Å². The molecule has 0 aliphatic rings. The van der Waals surface area contributed by atoms with E-state index in [0.29, 0.717) is 0 Å². The van der Waals surface area contributed by atoms with Crippen LogP contribution in [0.5, 0.6) is 0 Å². The van der Waals surface area contributed by atoms with Gasteiger partial charge in [0.2, 0.25) is 0 Å². The summed E-state index contributed by atoms with van der Waals surface area (Å²) < 4.78 is 9.11. The molecule has 69 heavy (non-hydrogen) atoms. The van der Waals surface area contributed by atoms with E-state index in [1.54, 1.807) is 0 Å². The summed E-state index contributed by atoms with van der Waals surface area (Å²) in [5.74, 6) is 0. The first-order valence-electron chi connectivity index (χ1n) is 23.6. The maximum Gasteiger partial charge on any atom is 0.143 e. The van der Waals surface area contributed by atoms with E-state index in [1.165, 1.54) is 49.6 Å². The van der Waals surface area contributed by atoms with Gasteiger partial charge in [0, 0.05) is 49.6 Å². The topological polar surface area (TPSA) is 21.3 Å². The van der Waals surface area contributed by atoms with E-state index in [4.69, 9.17) is 4.42 Å². The van der Waals surface area contributed by atoms with Crippen LogP contribution >= 0.6 is 0 Å². The average Bonchev–Trinajstić information content (AvgIpc) is 3.98. The molecule has 11 aromatic carbocycles. The van der Waals surface area contributed by atoms with Crippen LogP contribution in [-0.4, -0.2) is 4.57 Å². The fraction of sp³-hybridized carbons (Fsp3) is 0. The average molecular weight is 881 g/mol. The lowest BCUT2D eigenvalue weighted by Crippen LogP contribution is -2.11. The number of fused-ring (bicyclic) bond motifs is 6. The van der Waals surface area contributed by atoms with Crippen molar-refractivity contribution in [2.75, 3.05) is 4.90 Å². The largest absolute Gasteiger partial charge is 0.455 e. The number of aromatic nitrogens is 1. The van der Waals surface area contributed by atoms with Crippen LogP contribution in [0.4, 0.5) is 17.1 Å². The van der Waals surface area contributed by atoms with E-state index in [9.17, 15) is 0 Å². The lowest BCUT2D eigenvalue weighted by Gasteiger charge is -2.28. The quantitative estimate of drug-likeness (QED) is 0.144. The molecule has 0 fully saturated rings. The highest BCUT2D eigenvalue weighted by Gasteiger charge is 2.22. The van der Waals surface area contributed by atoms with E-state index < -0.39 is 0 Å². The summed E-state index contributed by atoms with van der Waals surface area (Å²) in [6.07, 6.45) is 0. The van der Waals surface area contributed by atoms with Crippen molar-refractivity contribution in [3.8, 4) is 61.3 Å². The molecule has 0 saturated carbocycles. The number of benzene rings is 11. The van der Waals surface area contributed by atoms with E-state index in [1.807, 2.05) is 6.07 Å². The van der Waals surface area contributed by atoms with Crippen molar-refractivity contribution in [1.29, 1.82) is 0 Å². The van der Waals surface area contributed by atoms with Gasteiger partial charge >= 0.3 is 0 Å². The van der Waals surface area contributed by atoms with Gasteiger partial charge < -0.3 is 13.9 Å². The predicted octanol–water partition coefficient (Wildman–Crippen LogP) is 18.5. The summed E-state index contributed by atoms with van der Waals surface area (Å²) in [5, 5.41) is 4.70. The second kappa shape index (κ2) is 16.9. The molecule has 13 rings (SSSR count). The van der Waals surface area contributed by atoms with Crippen LogP contribution in [0, 0.1) is 0 Å². The highest BCUT2D eigenvalue weighted by molar-refractivity contribution is 6.11. The van der Waals surface area contributed by atoms with Crippen LogP contribution in [0.15, 0.2) is 271 Å². The minimum atomic E-state index is 0.881. The highest BCUT2D eigenvalue weighted by Crippen LogP contribution is 2.46. The number of para-hydroxylation sites is 5. The van der Waals surface area contributed by atoms with Crippen LogP contribution in [0.1, 0.15) is 0 Å². The van der Waals surface area contributed by atoms with Crippen molar-refractivity contribution < 1.29 is 4.42 Å². The van der Waals surface area contributed by atoms with E-state index in [2.05, 4.69) is 270 Å². The number of hydrogen-bond donors (Lipinski definition) is 0. The summed E-state index contributed by atoms with van der Waals surface area (Å²) in [6.45, 7) is 0. The van der Waals surface area contributed by atoms with Gasteiger partial charge in [0.1, 0.15) is 11.2 Å². The van der Waals surface area contributed by atoms with E-state index in [0.717, 1.165) is 72.5 Å². The zero-order valence-electron chi connectivity index (χ0n) is 37.7. The molecular formula is C66H44N2O. The third-order valence-corrected chi connectivity index (χ3v) is 13.6. The van der Waals surface area contributed by atoms with Crippen molar-refractivity contribution in [2.24, 2.45) is 0 Å². The molecule has 0 bridgehead atoms. The molecule has 3 heteroatoms. The summed E-state index contributed by atoms with van der Waals surface area (Å²) in [6, 6.07) is 96.1. The number of nitrogens with zero attached hydrogens (tertiary/aromatic N) is 2. The Labute approximate surface area is 401 Å². The Morgan fingerprint density at radius 3 is 1.42 bits per heavy atom. The Hall–Kier alpha value is -9.18. The fourth-order valence-electron chi connectivity index (χ4n) is 10.3. The van der Waals surface area contributed by atoms with Gasteiger partial charge in [0.05, 0.1) is 22.4 Å². The molecule has 0 saturated heterocycles. The first-order valence-corrected chi connectivity index (χ1v) is 23.6. The predicted molar refractivity (Wildman–Crippen MR) is 290 cm³/mol. The van der Waals surface area contributed by atoms with Gasteiger partial charge in [-0.2, -0.15) is 0 Å². The van der Waals surface area contributed by atoms with Gasteiger partial charge in [-0.3, -0.25) is 0 Å². The molecule has 324 valence electrons. The Kier molecular flexibility index (Phi) is 9.84. The summed E-state index contributed by atoms with van der Waals surface area (Å²) in [5.41, 5.74) is 19.9. The van der Waals surface area contributed by atoms with Crippen LogP contribution in [-0.2, 0) is 0 Å². The van der Waals surface area contributed by atoms with E-state index in [-0.39, 0.29) is 0 Å². The summed E-state index contributed by atoms with van der Waals surface area (Å²) in [7, 11) is 0. The van der Waals surface area contributed by atoms with Crippen LogP contribution < -0.4 is 4.90 Å². The summed E-state index contributed by atoms with van der Waals surface area (Å²) in [4.78, 5) is 2.39. The van der Waals surface area contributed by atoms with Crippen molar-refractivity contribution >= 4 is 60.8 Å². The molecule has 3 nitrogen and oxygen atoms in total. The monoisotopic (exact) mass is 880 g/mol. The zero-order valence-corrected chi connectivity index (χ0v) is 37.7. The molecule has 0 aliphatic carbocycles. The molecule has 0 unspecified atom stereocenters. The molecule has 0 aliphatic heterocycles. The minimum Gasteiger partial charge on any atom is -0.455 e. The Morgan fingerprint density at radius 1 is 0.290 bits per heavy atom. The molecule has 2 heterocycles. The van der Waals surface area contributed by atoms with Gasteiger partial charge in [0.15, 0.2) is 0 Å². The maximum atomic E-state index is 6.67. The molecular weight excluding hydrogens is 837 g/mol. The molecule has 0 amide bonds. The van der Waals surface area contributed by atoms with Gasteiger partial charge in [-0.1, -0.05) is 206 Å². The third kappa shape index (κ3) is 7.08. The lowest BCUT2D eigenvalue weighted by molar-refractivity contribution is 0.670. The highest BCUT2D eigenvalue weighted by atomic mass is 16.3. The molecule has 0 radical (unpaired) electrons. The Morgan fingerprint density at radius 2 is 0.754 bits per heavy atom. The third-order valence-electron chi connectivity index (χ3n) is 13.6.